The summed E-state index contributed by atoms with van der Waals surface area (Å²) in [6, 6.07) is 4.18. The van der Waals surface area contributed by atoms with Crippen LogP contribution in [-0.2, 0) is 10.0 Å². The zero-order valence-corrected chi connectivity index (χ0v) is 10.2. The van der Waals surface area contributed by atoms with Crippen molar-refractivity contribution in [1.82, 2.24) is 5.32 Å². The lowest BCUT2D eigenvalue weighted by Crippen LogP contribution is -2.19. The predicted octanol–water partition coefficient (Wildman–Crippen LogP) is 0.456. The number of hydrogen-bond donors (Lipinski definition) is 2. The highest BCUT2D eigenvalue weighted by atomic mass is 79.9. The van der Waals surface area contributed by atoms with Gasteiger partial charge in [0.1, 0.15) is 0 Å². The Morgan fingerprint density at radius 1 is 1.47 bits per heavy atom. The molecule has 5 nitrogen and oxygen atoms in total. The molecule has 0 aromatic heterocycles. The summed E-state index contributed by atoms with van der Waals surface area (Å²) in [4.78, 5) is 11.1. The van der Waals surface area contributed by atoms with Gasteiger partial charge in [-0.25, -0.2) is 13.6 Å². The fourth-order valence-electron chi connectivity index (χ4n) is 1.01. The van der Waals surface area contributed by atoms with E-state index in [1.165, 1.54) is 25.2 Å². The lowest BCUT2D eigenvalue weighted by atomic mass is 10.2. The van der Waals surface area contributed by atoms with E-state index in [0.29, 0.717) is 4.47 Å². The Hall–Kier alpha value is -0.920. The molecule has 0 fully saturated rings. The van der Waals surface area contributed by atoms with Gasteiger partial charge in [-0.05, 0) is 34.1 Å². The maximum Gasteiger partial charge on any atom is 0.251 e. The minimum atomic E-state index is -3.82. The van der Waals surface area contributed by atoms with Crippen LogP contribution in [0.2, 0.25) is 0 Å². The van der Waals surface area contributed by atoms with Crippen molar-refractivity contribution in [2.45, 2.75) is 4.90 Å². The highest BCUT2D eigenvalue weighted by Crippen LogP contribution is 2.21. The van der Waals surface area contributed by atoms with Crippen molar-refractivity contribution in [2.24, 2.45) is 5.14 Å². The number of nitrogens with one attached hydrogen (secondary N) is 1. The topological polar surface area (TPSA) is 89.3 Å². The molecule has 0 saturated carbocycles. The number of nitrogens with two attached hydrogens (primary N) is 1. The Bertz CT molecular complexity index is 499. The molecule has 0 aliphatic rings. The Morgan fingerprint density at radius 3 is 2.53 bits per heavy atom. The summed E-state index contributed by atoms with van der Waals surface area (Å²) in [6.07, 6.45) is 0. The monoisotopic (exact) mass is 292 g/mol. The first-order valence-corrected chi connectivity index (χ1v) is 6.24. The van der Waals surface area contributed by atoms with Crippen LogP contribution >= 0.6 is 15.9 Å². The van der Waals surface area contributed by atoms with Gasteiger partial charge in [0.15, 0.2) is 0 Å². The van der Waals surface area contributed by atoms with Gasteiger partial charge in [0.25, 0.3) is 5.91 Å². The summed E-state index contributed by atoms with van der Waals surface area (Å²) in [7, 11) is -2.37. The summed E-state index contributed by atoms with van der Waals surface area (Å²) in [5, 5.41) is 7.37. The first-order valence-electron chi connectivity index (χ1n) is 3.90. The number of carbonyl (C=O) groups excluding carboxylic acids is 1. The van der Waals surface area contributed by atoms with Crippen molar-refractivity contribution in [3.05, 3.63) is 28.2 Å². The number of rotatable bonds is 2. The van der Waals surface area contributed by atoms with Gasteiger partial charge in [-0.1, -0.05) is 0 Å². The van der Waals surface area contributed by atoms with Crippen LogP contribution in [0, 0.1) is 0 Å². The van der Waals surface area contributed by atoms with Crippen LogP contribution in [0.3, 0.4) is 0 Å². The first-order chi connectivity index (χ1) is 6.86. The van der Waals surface area contributed by atoms with Crippen LogP contribution in [0.4, 0.5) is 0 Å². The molecular weight excluding hydrogens is 284 g/mol. The fraction of sp³-hybridized carbons (Fsp3) is 0.125. The molecule has 3 N–H and O–H groups in total. The van der Waals surface area contributed by atoms with Crippen molar-refractivity contribution in [3.63, 3.8) is 0 Å². The van der Waals surface area contributed by atoms with E-state index in [2.05, 4.69) is 21.2 Å². The van der Waals surface area contributed by atoms with E-state index in [-0.39, 0.29) is 16.4 Å². The Morgan fingerprint density at radius 2 is 2.07 bits per heavy atom. The molecule has 0 aliphatic carbocycles. The summed E-state index contributed by atoms with van der Waals surface area (Å²) in [5.74, 6) is -0.368. The zero-order chi connectivity index (χ0) is 11.6. The summed E-state index contributed by atoms with van der Waals surface area (Å²) >= 11 is 3.05. The van der Waals surface area contributed by atoms with Gasteiger partial charge in [0.05, 0.1) is 4.90 Å². The number of hydrogen-bond acceptors (Lipinski definition) is 3. The highest BCUT2D eigenvalue weighted by Gasteiger charge is 2.15. The van der Waals surface area contributed by atoms with E-state index >= 15 is 0 Å². The molecule has 0 unspecified atom stereocenters. The highest BCUT2D eigenvalue weighted by molar-refractivity contribution is 9.10. The largest absolute Gasteiger partial charge is 0.355 e. The van der Waals surface area contributed by atoms with Crippen molar-refractivity contribution in [2.75, 3.05) is 7.05 Å². The SMILES string of the molecule is CNC(=O)c1ccc(Br)c(S(N)(=O)=O)c1. The molecule has 1 aromatic carbocycles. The van der Waals surface area contributed by atoms with E-state index < -0.39 is 10.0 Å². The van der Waals surface area contributed by atoms with Crippen molar-refractivity contribution < 1.29 is 13.2 Å². The minimum Gasteiger partial charge on any atom is -0.355 e. The van der Waals surface area contributed by atoms with E-state index in [1.807, 2.05) is 0 Å². The molecule has 82 valence electrons. The van der Waals surface area contributed by atoms with Gasteiger partial charge in [0, 0.05) is 17.1 Å². The van der Waals surface area contributed by atoms with Gasteiger partial charge in [0.2, 0.25) is 10.0 Å². The number of benzene rings is 1. The second-order valence-corrected chi connectivity index (χ2v) is 5.15. The molecule has 1 amide bonds. The van der Waals surface area contributed by atoms with Gasteiger partial charge in [-0.15, -0.1) is 0 Å². The van der Waals surface area contributed by atoms with Crippen LogP contribution in [-0.4, -0.2) is 21.4 Å². The number of primary sulfonamides is 1. The minimum absolute atomic E-state index is 0.108. The van der Waals surface area contributed by atoms with E-state index in [9.17, 15) is 13.2 Å². The molecule has 0 bridgehead atoms. The van der Waals surface area contributed by atoms with Crippen LogP contribution < -0.4 is 10.5 Å². The second-order valence-electron chi connectivity index (χ2n) is 2.77. The summed E-state index contributed by atoms with van der Waals surface area (Å²) in [6.45, 7) is 0. The third-order valence-electron chi connectivity index (χ3n) is 1.73. The van der Waals surface area contributed by atoms with Crippen molar-refractivity contribution >= 4 is 31.9 Å². The van der Waals surface area contributed by atoms with E-state index in [4.69, 9.17) is 5.14 Å². The smallest absolute Gasteiger partial charge is 0.251 e. The molecule has 0 atom stereocenters. The lowest BCUT2D eigenvalue weighted by molar-refractivity contribution is 0.0963. The van der Waals surface area contributed by atoms with Crippen molar-refractivity contribution in [1.29, 1.82) is 0 Å². The van der Waals surface area contributed by atoms with Crippen LogP contribution in [0.15, 0.2) is 27.6 Å². The Balaban J connectivity index is 3.36. The average Bonchev–Trinajstić information content (AvgIpc) is 2.15. The lowest BCUT2D eigenvalue weighted by Gasteiger charge is -2.04. The first kappa shape index (κ1) is 12.2. The fourth-order valence-corrected chi connectivity index (χ4v) is 2.56. The molecule has 0 heterocycles. The number of halogens is 1. The summed E-state index contributed by atoms with van der Waals surface area (Å²) < 4.78 is 22.6. The normalized spacial score (nSPS) is 11.1. The molecule has 0 saturated heterocycles. The second kappa shape index (κ2) is 4.30. The number of amides is 1. The maximum absolute atomic E-state index is 11.2. The number of carbonyl (C=O) groups is 1. The standard InChI is InChI=1S/C8H9BrN2O3S/c1-11-8(12)5-2-3-6(9)7(4-5)15(10,13)14/h2-4H,1H3,(H,11,12)(H2,10,13,14). The molecule has 0 radical (unpaired) electrons. The van der Waals surface area contributed by atoms with Gasteiger partial charge in [-0.2, -0.15) is 0 Å². The summed E-state index contributed by atoms with van der Waals surface area (Å²) in [5.41, 5.74) is 0.240. The molecule has 1 aromatic rings. The maximum atomic E-state index is 11.2. The van der Waals surface area contributed by atoms with Crippen LogP contribution in [0.25, 0.3) is 0 Å². The van der Waals surface area contributed by atoms with Crippen molar-refractivity contribution in [3.8, 4) is 0 Å². The third kappa shape index (κ3) is 2.77. The average molecular weight is 293 g/mol. The Kier molecular flexibility index (Phi) is 3.48. The molecule has 1 rings (SSSR count). The Labute approximate surface area is 95.8 Å². The van der Waals surface area contributed by atoms with Gasteiger partial charge >= 0.3 is 0 Å². The molecule has 7 heteroatoms. The predicted molar refractivity (Wildman–Crippen MR) is 58.9 cm³/mol. The van der Waals surface area contributed by atoms with Crippen LogP contribution in [0.1, 0.15) is 10.4 Å². The van der Waals surface area contributed by atoms with E-state index in [0.717, 1.165) is 0 Å². The van der Waals surface area contributed by atoms with Gasteiger partial charge < -0.3 is 5.32 Å². The molecular formula is C8H9BrN2O3S. The molecule has 15 heavy (non-hydrogen) atoms. The molecule has 0 spiro atoms. The number of sulfonamides is 1. The van der Waals surface area contributed by atoms with Gasteiger partial charge in [-0.3, -0.25) is 4.79 Å². The van der Waals surface area contributed by atoms with E-state index in [1.54, 1.807) is 0 Å². The molecule has 0 aliphatic heterocycles. The third-order valence-corrected chi connectivity index (χ3v) is 3.63. The quantitative estimate of drug-likeness (QED) is 0.830. The zero-order valence-electron chi connectivity index (χ0n) is 7.82. The van der Waals surface area contributed by atoms with Crippen LogP contribution in [0.5, 0.6) is 0 Å².